The van der Waals surface area contributed by atoms with Crippen LogP contribution in [-0.2, 0) is 19.3 Å². The van der Waals surface area contributed by atoms with Crippen molar-refractivity contribution in [2.45, 2.75) is 65.7 Å². The molecule has 1 aromatic rings. The molecule has 0 radical (unpaired) electrons. The lowest BCUT2D eigenvalue weighted by Crippen LogP contribution is -1.99. The Morgan fingerprint density at radius 2 is 1.65 bits per heavy atom. The van der Waals surface area contributed by atoms with Gasteiger partial charge in [0.1, 0.15) is 5.75 Å². The highest BCUT2D eigenvalue weighted by Crippen LogP contribution is 2.27. The summed E-state index contributed by atoms with van der Waals surface area (Å²) in [6, 6.07) is 3.94. The van der Waals surface area contributed by atoms with Gasteiger partial charge in [0, 0.05) is 0 Å². The third-order valence-corrected chi connectivity index (χ3v) is 3.52. The van der Waals surface area contributed by atoms with Crippen molar-refractivity contribution in [1.29, 1.82) is 0 Å². The highest BCUT2D eigenvalue weighted by molar-refractivity contribution is 5.44. The highest BCUT2D eigenvalue weighted by Gasteiger charge is 2.10. The smallest absolute Gasteiger partial charge is 0.119 e. The lowest BCUT2D eigenvalue weighted by Gasteiger charge is -2.14. The SMILES string of the molecule is CCCCCCc1c(O)ccc(CC)c1CC. The van der Waals surface area contributed by atoms with Gasteiger partial charge in [-0.05, 0) is 48.4 Å². The largest absolute Gasteiger partial charge is 0.508 e. The number of unbranched alkanes of at least 4 members (excludes halogenated alkanes) is 3. The zero-order valence-electron chi connectivity index (χ0n) is 11.6. The molecule has 0 saturated carbocycles. The van der Waals surface area contributed by atoms with E-state index in [1.165, 1.54) is 42.4 Å². The molecule has 1 N–H and O–H groups in total. The standard InChI is InChI=1S/C16H26O/c1-4-7-8-9-10-15-14(6-3)13(5-2)11-12-16(15)17/h11-12,17H,4-10H2,1-3H3. The van der Waals surface area contributed by atoms with Crippen molar-refractivity contribution in [2.75, 3.05) is 0 Å². The topological polar surface area (TPSA) is 20.2 Å². The predicted molar refractivity (Wildman–Crippen MR) is 74.7 cm³/mol. The van der Waals surface area contributed by atoms with Gasteiger partial charge in [-0.25, -0.2) is 0 Å². The van der Waals surface area contributed by atoms with Crippen LogP contribution in [0, 0.1) is 0 Å². The van der Waals surface area contributed by atoms with Gasteiger partial charge >= 0.3 is 0 Å². The van der Waals surface area contributed by atoms with Gasteiger partial charge < -0.3 is 5.11 Å². The molecule has 0 bridgehead atoms. The molecule has 0 aromatic heterocycles. The normalized spacial score (nSPS) is 10.8. The fraction of sp³-hybridized carbons (Fsp3) is 0.625. The number of benzene rings is 1. The van der Waals surface area contributed by atoms with Gasteiger partial charge in [-0.3, -0.25) is 0 Å². The van der Waals surface area contributed by atoms with E-state index >= 15 is 0 Å². The van der Waals surface area contributed by atoms with E-state index in [2.05, 4.69) is 26.8 Å². The first kappa shape index (κ1) is 14.1. The molecule has 1 heteroatoms. The number of hydrogen-bond acceptors (Lipinski definition) is 1. The Bertz CT molecular complexity index is 342. The van der Waals surface area contributed by atoms with Gasteiger partial charge in [0.2, 0.25) is 0 Å². The average molecular weight is 234 g/mol. The third-order valence-electron chi connectivity index (χ3n) is 3.52. The summed E-state index contributed by atoms with van der Waals surface area (Å²) in [5, 5.41) is 10.00. The van der Waals surface area contributed by atoms with E-state index in [9.17, 15) is 5.11 Å². The Labute approximate surface area is 106 Å². The second kappa shape index (κ2) is 7.37. The van der Waals surface area contributed by atoms with Crippen molar-refractivity contribution in [3.8, 4) is 5.75 Å². The quantitative estimate of drug-likeness (QED) is 0.681. The van der Waals surface area contributed by atoms with Gasteiger partial charge in [0.05, 0.1) is 0 Å². The van der Waals surface area contributed by atoms with Gasteiger partial charge in [0.25, 0.3) is 0 Å². The summed E-state index contributed by atoms with van der Waals surface area (Å²) in [5.41, 5.74) is 3.97. The Kier molecular flexibility index (Phi) is 6.10. The molecule has 0 atom stereocenters. The van der Waals surface area contributed by atoms with Crippen molar-refractivity contribution < 1.29 is 5.11 Å². The number of aryl methyl sites for hydroxylation is 1. The number of hydrogen-bond donors (Lipinski definition) is 1. The van der Waals surface area contributed by atoms with E-state index in [-0.39, 0.29) is 0 Å². The second-order valence-electron chi connectivity index (χ2n) is 4.72. The molecule has 96 valence electrons. The average Bonchev–Trinajstić information content (AvgIpc) is 2.35. The van der Waals surface area contributed by atoms with E-state index in [4.69, 9.17) is 0 Å². The maximum absolute atomic E-state index is 10.00. The van der Waals surface area contributed by atoms with Crippen LogP contribution in [0.15, 0.2) is 12.1 Å². The van der Waals surface area contributed by atoms with E-state index in [1.807, 2.05) is 6.07 Å². The number of phenols is 1. The summed E-state index contributed by atoms with van der Waals surface area (Å²) in [7, 11) is 0. The van der Waals surface area contributed by atoms with E-state index in [0.717, 1.165) is 19.3 Å². The summed E-state index contributed by atoms with van der Waals surface area (Å²) in [4.78, 5) is 0. The minimum absolute atomic E-state index is 0.496. The predicted octanol–water partition coefficient (Wildman–Crippen LogP) is 4.64. The van der Waals surface area contributed by atoms with Gasteiger partial charge in [0.15, 0.2) is 0 Å². The molecular formula is C16H26O. The van der Waals surface area contributed by atoms with Crippen LogP contribution in [0.3, 0.4) is 0 Å². The molecule has 0 unspecified atom stereocenters. The summed E-state index contributed by atoms with van der Waals surface area (Å²) < 4.78 is 0. The molecule has 0 aliphatic carbocycles. The van der Waals surface area contributed by atoms with Crippen LogP contribution < -0.4 is 0 Å². The number of rotatable bonds is 7. The Hall–Kier alpha value is -0.980. The van der Waals surface area contributed by atoms with Crippen LogP contribution >= 0.6 is 0 Å². The minimum atomic E-state index is 0.496. The van der Waals surface area contributed by atoms with Crippen molar-refractivity contribution >= 4 is 0 Å². The monoisotopic (exact) mass is 234 g/mol. The summed E-state index contributed by atoms with van der Waals surface area (Å²) in [6.07, 6.45) is 8.16. The molecule has 0 heterocycles. The number of aromatic hydroxyl groups is 1. The molecule has 0 fully saturated rings. The van der Waals surface area contributed by atoms with Crippen molar-refractivity contribution in [3.05, 3.63) is 28.8 Å². The van der Waals surface area contributed by atoms with Gasteiger partial charge in [-0.2, -0.15) is 0 Å². The Morgan fingerprint density at radius 1 is 0.882 bits per heavy atom. The van der Waals surface area contributed by atoms with E-state index < -0.39 is 0 Å². The second-order valence-corrected chi connectivity index (χ2v) is 4.72. The van der Waals surface area contributed by atoms with Gasteiger partial charge in [-0.15, -0.1) is 0 Å². The van der Waals surface area contributed by atoms with Gasteiger partial charge in [-0.1, -0.05) is 46.1 Å². The maximum atomic E-state index is 10.00. The molecular weight excluding hydrogens is 208 g/mol. The third kappa shape index (κ3) is 3.76. The lowest BCUT2D eigenvalue weighted by molar-refractivity contribution is 0.464. The van der Waals surface area contributed by atoms with Crippen LogP contribution in [-0.4, -0.2) is 5.11 Å². The zero-order valence-corrected chi connectivity index (χ0v) is 11.6. The molecule has 0 spiro atoms. The molecule has 17 heavy (non-hydrogen) atoms. The molecule has 0 aliphatic heterocycles. The fourth-order valence-electron chi connectivity index (χ4n) is 2.51. The summed E-state index contributed by atoms with van der Waals surface area (Å²) in [5.74, 6) is 0.496. The molecule has 0 saturated heterocycles. The van der Waals surface area contributed by atoms with E-state index in [1.54, 1.807) is 0 Å². The molecule has 1 aromatic carbocycles. The van der Waals surface area contributed by atoms with Crippen LogP contribution in [0.5, 0.6) is 5.75 Å². The Balaban J connectivity index is 2.80. The first-order chi connectivity index (χ1) is 8.24. The minimum Gasteiger partial charge on any atom is -0.508 e. The molecule has 0 amide bonds. The molecule has 1 nitrogen and oxygen atoms in total. The zero-order chi connectivity index (χ0) is 12.7. The van der Waals surface area contributed by atoms with Crippen molar-refractivity contribution in [3.63, 3.8) is 0 Å². The van der Waals surface area contributed by atoms with Crippen LogP contribution in [0.25, 0.3) is 0 Å². The summed E-state index contributed by atoms with van der Waals surface area (Å²) in [6.45, 7) is 6.60. The van der Waals surface area contributed by atoms with E-state index in [0.29, 0.717) is 5.75 Å². The highest BCUT2D eigenvalue weighted by atomic mass is 16.3. The first-order valence-corrected chi connectivity index (χ1v) is 7.07. The molecule has 0 aliphatic rings. The maximum Gasteiger partial charge on any atom is 0.119 e. The Morgan fingerprint density at radius 3 is 2.24 bits per heavy atom. The lowest BCUT2D eigenvalue weighted by atomic mass is 9.93. The van der Waals surface area contributed by atoms with Crippen molar-refractivity contribution in [1.82, 2.24) is 0 Å². The van der Waals surface area contributed by atoms with Crippen LogP contribution in [0.4, 0.5) is 0 Å². The van der Waals surface area contributed by atoms with Crippen LogP contribution in [0.2, 0.25) is 0 Å². The fourth-order valence-corrected chi connectivity index (χ4v) is 2.51. The van der Waals surface area contributed by atoms with Crippen molar-refractivity contribution in [2.24, 2.45) is 0 Å². The van der Waals surface area contributed by atoms with Crippen LogP contribution in [0.1, 0.15) is 63.1 Å². The molecule has 1 rings (SSSR count). The number of phenolic OH excluding ortho intramolecular Hbond substituents is 1. The summed E-state index contributed by atoms with van der Waals surface area (Å²) >= 11 is 0. The first-order valence-electron chi connectivity index (χ1n) is 7.07.